The molecule has 0 atom stereocenters. The van der Waals surface area contributed by atoms with Crippen LogP contribution in [-0.4, -0.2) is 134 Å². The predicted molar refractivity (Wildman–Crippen MR) is 397 cm³/mol. The van der Waals surface area contributed by atoms with Gasteiger partial charge in [0.25, 0.3) is 0 Å². The quantitative estimate of drug-likeness (QED) is 0.0370. The van der Waals surface area contributed by atoms with Crippen LogP contribution in [0.4, 0.5) is 30.0 Å². The van der Waals surface area contributed by atoms with Gasteiger partial charge in [-0.15, -0.1) is 20.4 Å². The van der Waals surface area contributed by atoms with Gasteiger partial charge >= 0.3 is 12.1 Å². The van der Waals surface area contributed by atoms with Crippen molar-refractivity contribution in [2.24, 2.45) is 0 Å². The molecular formula is C74H76F2N16O5S4. The summed E-state index contributed by atoms with van der Waals surface area (Å²) in [6.07, 6.45) is 7.78. The van der Waals surface area contributed by atoms with E-state index in [4.69, 9.17) is 14.9 Å². The van der Waals surface area contributed by atoms with Crippen LogP contribution < -0.4 is 21.3 Å². The third-order valence-corrected chi connectivity index (χ3v) is 21.5. The second kappa shape index (κ2) is 31.4. The molecule has 1 aliphatic heterocycles. The molecule has 1 saturated heterocycles. The Morgan fingerprint density at radius 3 is 1.62 bits per heavy atom. The molecule has 0 aliphatic carbocycles. The fraction of sp³-hybridized carbons (Fsp3) is 0.243. The van der Waals surface area contributed by atoms with E-state index in [2.05, 4.69) is 110 Å². The molecule has 1 aliphatic rings. The van der Waals surface area contributed by atoms with Crippen molar-refractivity contribution in [1.29, 1.82) is 0 Å². The van der Waals surface area contributed by atoms with Crippen molar-refractivity contribution in [3.63, 3.8) is 0 Å². The first-order valence-corrected chi connectivity index (χ1v) is 36.5. The zero-order valence-electron chi connectivity index (χ0n) is 56.9. The Labute approximate surface area is 600 Å². The van der Waals surface area contributed by atoms with Crippen LogP contribution in [0.15, 0.2) is 202 Å². The smallest absolute Gasteiger partial charge is 0.320 e. The summed E-state index contributed by atoms with van der Waals surface area (Å²) in [4.78, 5) is 34.9. The van der Waals surface area contributed by atoms with Crippen LogP contribution in [0, 0.1) is 11.6 Å². The number of hydrogen-bond donors (Lipinski definition) is 6. The number of carbonyl (C=O) groups is 2. The van der Waals surface area contributed by atoms with Gasteiger partial charge < -0.3 is 30.5 Å². The van der Waals surface area contributed by atoms with E-state index in [9.17, 15) is 28.6 Å². The van der Waals surface area contributed by atoms with Crippen molar-refractivity contribution < 1.29 is 33.3 Å². The van der Waals surface area contributed by atoms with Crippen molar-refractivity contribution in [2.75, 3.05) is 63.5 Å². The van der Waals surface area contributed by atoms with Crippen molar-refractivity contribution >= 4 is 82.0 Å². The topological polar surface area (TPSA) is 234 Å². The summed E-state index contributed by atoms with van der Waals surface area (Å²) in [5.41, 5.74) is 9.08. The van der Waals surface area contributed by atoms with Gasteiger partial charge in [0.05, 0.1) is 56.6 Å². The van der Waals surface area contributed by atoms with Gasteiger partial charge in [0.2, 0.25) is 0 Å². The molecule has 6 aromatic carbocycles. The zero-order chi connectivity index (χ0) is 71.0. The lowest BCUT2D eigenvalue weighted by Crippen LogP contribution is -2.35. The standard InChI is InChI=1S/C38H39FN8O3S2.C36H37FN8O2S2/c1-38(2,51-3)33-21-35(47(44-33)27-9-6-7-25(19-27)23-45-15-17-50-18-16-45)41-37(49)40-22-26-8-4-5-10-32(26)52-29-12-14-34-42-43-36(46(34)24-29)30-20-28(48)11-13-31(30)39;1-36(2,48-5)31-19-33(45(42-31)26-11-8-9-23(17-26)21-43(3)4)39-35(47)38-20-24-10-6-7-12-30(24)49-27-14-16-32-40-41-34(44(32)22-27)28-18-25(37)13-15-29(28)46/h4-14,19-21,24,48H,15-18,22-23H2,1-3H3,(H2,40,41,49);6-19,22,46H,20-21H2,1-5H3,(H2,38,39,47). The van der Waals surface area contributed by atoms with E-state index >= 15 is 0 Å². The molecule has 0 bridgehead atoms. The Hall–Kier alpha value is -9.74. The number of fused-ring (bicyclic) bond motifs is 2. The number of rotatable bonds is 22. The first-order valence-electron chi connectivity index (χ1n) is 32.4. The number of anilines is 2. The van der Waals surface area contributed by atoms with Gasteiger partial charge in [-0.25, -0.2) is 27.7 Å². The lowest BCUT2D eigenvalue weighted by molar-refractivity contribution is 0.0342. The van der Waals surface area contributed by atoms with Gasteiger partial charge in [0, 0.05) is 83.4 Å². The highest BCUT2D eigenvalue weighted by Gasteiger charge is 2.28. The summed E-state index contributed by atoms with van der Waals surface area (Å²) >= 11 is 6.40. The number of amides is 4. The van der Waals surface area contributed by atoms with E-state index in [0.29, 0.717) is 28.8 Å². The van der Waals surface area contributed by atoms with Crippen molar-refractivity contribution in [1.82, 2.24) is 69.2 Å². The second-order valence-electron chi connectivity index (χ2n) is 25.1. The maximum atomic E-state index is 14.7. The number of aromatic nitrogens is 10. The Morgan fingerprint density at radius 2 is 1.09 bits per heavy atom. The number of halogens is 2. The van der Waals surface area contributed by atoms with E-state index in [1.807, 2.05) is 142 Å². The molecule has 0 radical (unpaired) electrons. The van der Waals surface area contributed by atoms with Crippen molar-refractivity contribution in [3.05, 3.63) is 228 Å². The van der Waals surface area contributed by atoms with Gasteiger partial charge in [-0.1, -0.05) is 84.2 Å². The van der Waals surface area contributed by atoms with Crippen molar-refractivity contribution in [2.45, 2.75) is 82.9 Å². The SMILES string of the molecule is CSC(C)(C)c1cc(NC(=O)NCc2ccccc2Sc2ccc3nnc(-c4cc(F)ccc4O)n3c2)n(-c2cccc(CN(C)C)c2)n1.CSC(C)(C)c1cc(NC(=O)NCc2ccccc2Sc2ccc3nnc(-c4cc(O)ccc4F)n3c2)n(-c2cccc(CN3CCOCC3)c2)n1. The Kier molecular flexibility index (Phi) is 22.1. The molecule has 6 N–H and O–H groups in total. The molecule has 0 saturated carbocycles. The molecule has 4 amide bonds. The lowest BCUT2D eigenvalue weighted by Gasteiger charge is -2.26. The number of morpholine rings is 1. The van der Waals surface area contributed by atoms with E-state index < -0.39 is 11.6 Å². The molecule has 13 rings (SSSR count). The van der Waals surface area contributed by atoms with Gasteiger partial charge in [-0.3, -0.25) is 24.3 Å². The number of carbonyl (C=O) groups excluding carboxylic acids is 2. The number of nitrogens with one attached hydrogen (secondary N) is 4. The van der Waals surface area contributed by atoms with Crippen LogP contribution in [0.25, 0.3) is 45.4 Å². The molecule has 1 fully saturated rings. The predicted octanol–water partition coefficient (Wildman–Crippen LogP) is 14.9. The summed E-state index contributed by atoms with van der Waals surface area (Å²) in [7, 11) is 4.06. The van der Waals surface area contributed by atoms with E-state index in [1.165, 1.54) is 59.9 Å². The minimum absolute atomic E-state index is 0.0634. The number of urea groups is 2. The van der Waals surface area contributed by atoms with E-state index in [1.54, 1.807) is 41.7 Å². The maximum Gasteiger partial charge on any atom is 0.320 e. The van der Waals surface area contributed by atoms with Gasteiger partial charge in [0.15, 0.2) is 22.9 Å². The second-order valence-corrected chi connectivity index (χ2v) is 30.2. The van der Waals surface area contributed by atoms with Crippen LogP contribution in [0.1, 0.15) is 61.3 Å². The molecule has 0 unspecified atom stereocenters. The minimum atomic E-state index is -0.510. The number of benzene rings is 6. The third-order valence-electron chi connectivity index (χ3n) is 16.9. The summed E-state index contributed by atoms with van der Waals surface area (Å²) in [6, 6.07) is 50.2. The molecule has 21 nitrogen and oxygen atoms in total. The number of ether oxygens (including phenoxy) is 1. The number of pyridine rings is 2. The van der Waals surface area contributed by atoms with E-state index in [-0.39, 0.29) is 63.1 Å². The van der Waals surface area contributed by atoms with Gasteiger partial charge in [-0.05, 0) is 174 Å². The maximum absolute atomic E-state index is 14.7. The highest BCUT2D eigenvalue weighted by Crippen LogP contribution is 2.39. The van der Waals surface area contributed by atoms with Crippen LogP contribution in [0.3, 0.4) is 0 Å². The van der Waals surface area contributed by atoms with Crippen LogP contribution in [0.2, 0.25) is 0 Å². The average Bonchev–Trinajstić information content (AvgIpc) is 1.70. The first-order chi connectivity index (χ1) is 48.7. The van der Waals surface area contributed by atoms with Gasteiger partial charge in [0.1, 0.15) is 34.8 Å². The summed E-state index contributed by atoms with van der Waals surface area (Å²) in [5.74, 6) is 0.607. The number of phenols is 2. The molecule has 6 aromatic heterocycles. The molecular weight excluding hydrogens is 1360 g/mol. The fourth-order valence-corrected chi connectivity index (χ4v) is 13.7. The normalized spacial score (nSPS) is 12.8. The summed E-state index contributed by atoms with van der Waals surface area (Å²) in [5, 5.41) is 59.1. The highest BCUT2D eigenvalue weighted by atomic mass is 32.2. The number of aromatic hydroxyl groups is 2. The molecule has 27 heteroatoms. The molecule has 520 valence electrons. The van der Waals surface area contributed by atoms with Crippen LogP contribution >= 0.6 is 47.0 Å². The largest absolute Gasteiger partial charge is 0.508 e. The fourth-order valence-electron chi connectivity index (χ4n) is 11.1. The monoisotopic (exact) mass is 1430 g/mol. The zero-order valence-corrected chi connectivity index (χ0v) is 60.1. The molecule has 0 spiro atoms. The summed E-state index contributed by atoms with van der Waals surface area (Å²) in [6.45, 7) is 13.9. The minimum Gasteiger partial charge on any atom is -0.508 e. The lowest BCUT2D eigenvalue weighted by atomic mass is 10.1. The number of phenolic OH excluding ortho intramolecular Hbond substituents is 2. The number of thioether (sulfide) groups is 2. The first kappa shape index (κ1) is 71.1. The average molecular weight is 1440 g/mol. The Balaban J connectivity index is 0.000000191. The van der Waals surface area contributed by atoms with Gasteiger partial charge in [-0.2, -0.15) is 33.7 Å². The van der Waals surface area contributed by atoms with Crippen molar-refractivity contribution in [3.8, 4) is 45.6 Å². The highest BCUT2D eigenvalue weighted by molar-refractivity contribution is 8.00. The number of hydrogen-bond acceptors (Lipinski definition) is 17. The Bertz CT molecular complexity index is 4960. The molecule has 7 heterocycles. The molecule has 12 aromatic rings. The Morgan fingerprint density at radius 1 is 0.574 bits per heavy atom. The van der Waals surface area contributed by atoms with Crippen LogP contribution in [-0.2, 0) is 40.4 Å². The third kappa shape index (κ3) is 17.2. The summed E-state index contributed by atoms with van der Waals surface area (Å²) < 4.78 is 40.7. The molecule has 101 heavy (non-hydrogen) atoms. The number of nitrogens with zero attached hydrogens (tertiary/aromatic N) is 12. The van der Waals surface area contributed by atoms with E-state index in [0.717, 1.165) is 104 Å². The van der Waals surface area contributed by atoms with Crippen LogP contribution in [0.5, 0.6) is 11.5 Å².